The highest BCUT2D eigenvalue weighted by molar-refractivity contribution is 6.30. The first kappa shape index (κ1) is 19.2. The third-order valence-electron chi connectivity index (χ3n) is 5.16. The summed E-state index contributed by atoms with van der Waals surface area (Å²) in [6.45, 7) is 2.07. The molecule has 1 saturated heterocycles. The van der Waals surface area contributed by atoms with Crippen LogP contribution in [0.1, 0.15) is 20.7 Å². The third-order valence-corrected chi connectivity index (χ3v) is 5.40. The van der Waals surface area contributed by atoms with Crippen LogP contribution >= 0.6 is 11.6 Å². The summed E-state index contributed by atoms with van der Waals surface area (Å²) in [6.07, 6.45) is 0. The maximum absolute atomic E-state index is 12.8. The zero-order valence-electron chi connectivity index (χ0n) is 15.9. The van der Waals surface area contributed by atoms with Crippen LogP contribution in [-0.2, 0) is 0 Å². The van der Waals surface area contributed by atoms with E-state index in [9.17, 15) is 9.59 Å². The van der Waals surface area contributed by atoms with E-state index < -0.39 is 0 Å². The quantitative estimate of drug-likeness (QED) is 0.639. The van der Waals surface area contributed by atoms with Gasteiger partial charge >= 0.3 is 0 Å². The molecule has 0 saturated carbocycles. The Kier molecular flexibility index (Phi) is 5.63. The van der Waals surface area contributed by atoms with Gasteiger partial charge in [-0.3, -0.25) is 9.59 Å². The van der Waals surface area contributed by atoms with Gasteiger partial charge in [0, 0.05) is 42.3 Å². The lowest BCUT2D eigenvalue weighted by atomic mass is 10.0. The van der Waals surface area contributed by atoms with Crippen LogP contribution in [0.3, 0.4) is 0 Å². The van der Waals surface area contributed by atoms with Crippen molar-refractivity contribution in [2.75, 3.05) is 26.2 Å². The Morgan fingerprint density at radius 2 is 1.17 bits per heavy atom. The molecular weight excluding hydrogens is 384 g/mol. The van der Waals surface area contributed by atoms with Gasteiger partial charge < -0.3 is 9.80 Å². The van der Waals surface area contributed by atoms with E-state index in [2.05, 4.69) is 0 Å². The fourth-order valence-corrected chi connectivity index (χ4v) is 3.73. The van der Waals surface area contributed by atoms with Gasteiger partial charge in [0.2, 0.25) is 0 Å². The summed E-state index contributed by atoms with van der Waals surface area (Å²) in [6, 6.07) is 24.7. The SMILES string of the molecule is O=C(c1ccc(-c2ccccc2)cc1)N1CCN(C(=O)c2cccc(Cl)c2)CC1. The highest BCUT2D eigenvalue weighted by Gasteiger charge is 2.25. The molecule has 1 aliphatic rings. The molecule has 0 unspecified atom stereocenters. The number of hydrogen-bond donors (Lipinski definition) is 0. The second-order valence-electron chi connectivity index (χ2n) is 7.04. The predicted molar refractivity (Wildman–Crippen MR) is 115 cm³/mol. The zero-order valence-corrected chi connectivity index (χ0v) is 16.7. The average molecular weight is 405 g/mol. The maximum Gasteiger partial charge on any atom is 0.254 e. The fourth-order valence-electron chi connectivity index (χ4n) is 3.54. The summed E-state index contributed by atoms with van der Waals surface area (Å²) in [5.74, 6) is -0.0497. The highest BCUT2D eigenvalue weighted by Crippen LogP contribution is 2.20. The van der Waals surface area contributed by atoms with Gasteiger partial charge in [-0.2, -0.15) is 0 Å². The second kappa shape index (κ2) is 8.50. The number of piperazine rings is 1. The molecule has 2 amide bonds. The van der Waals surface area contributed by atoms with Gasteiger partial charge in [0.1, 0.15) is 0 Å². The Morgan fingerprint density at radius 3 is 1.76 bits per heavy atom. The number of benzene rings is 3. The summed E-state index contributed by atoms with van der Waals surface area (Å²) in [5.41, 5.74) is 3.45. The number of nitrogens with zero attached hydrogens (tertiary/aromatic N) is 2. The smallest absolute Gasteiger partial charge is 0.254 e. The maximum atomic E-state index is 12.8. The van der Waals surface area contributed by atoms with Gasteiger partial charge in [-0.25, -0.2) is 0 Å². The van der Waals surface area contributed by atoms with Crippen molar-refractivity contribution in [3.05, 3.63) is 95.0 Å². The molecule has 1 aliphatic heterocycles. The molecule has 146 valence electrons. The predicted octanol–water partition coefficient (Wildman–Crippen LogP) is 4.61. The van der Waals surface area contributed by atoms with Crippen LogP contribution in [0.2, 0.25) is 5.02 Å². The molecule has 3 aromatic rings. The molecule has 5 heteroatoms. The first-order valence-corrected chi connectivity index (χ1v) is 9.99. The van der Waals surface area contributed by atoms with E-state index in [-0.39, 0.29) is 11.8 Å². The highest BCUT2D eigenvalue weighted by atomic mass is 35.5. The van der Waals surface area contributed by atoms with Crippen LogP contribution in [0, 0.1) is 0 Å². The zero-order chi connectivity index (χ0) is 20.2. The number of rotatable bonds is 3. The Morgan fingerprint density at radius 1 is 0.621 bits per heavy atom. The van der Waals surface area contributed by atoms with Crippen molar-refractivity contribution in [2.24, 2.45) is 0 Å². The first-order valence-electron chi connectivity index (χ1n) is 9.61. The summed E-state index contributed by atoms with van der Waals surface area (Å²) in [5, 5.41) is 0.545. The largest absolute Gasteiger partial charge is 0.335 e. The van der Waals surface area contributed by atoms with Gasteiger partial charge in [-0.1, -0.05) is 60.1 Å². The molecule has 3 aromatic carbocycles. The van der Waals surface area contributed by atoms with Crippen molar-refractivity contribution in [3.63, 3.8) is 0 Å². The van der Waals surface area contributed by atoms with E-state index in [4.69, 9.17) is 11.6 Å². The van der Waals surface area contributed by atoms with Crippen LogP contribution < -0.4 is 0 Å². The molecule has 29 heavy (non-hydrogen) atoms. The Hall–Kier alpha value is -3.11. The Bertz CT molecular complexity index is 1010. The van der Waals surface area contributed by atoms with Crippen molar-refractivity contribution >= 4 is 23.4 Å². The van der Waals surface area contributed by atoms with E-state index in [1.165, 1.54) is 0 Å². The molecule has 1 heterocycles. The lowest BCUT2D eigenvalue weighted by molar-refractivity contribution is 0.0535. The van der Waals surface area contributed by atoms with Crippen molar-refractivity contribution in [1.29, 1.82) is 0 Å². The molecule has 0 radical (unpaired) electrons. The Labute approximate surface area is 175 Å². The van der Waals surface area contributed by atoms with E-state index in [0.29, 0.717) is 42.3 Å². The fraction of sp³-hybridized carbons (Fsp3) is 0.167. The minimum atomic E-state index is -0.0492. The second-order valence-corrected chi connectivity index (χ2v) is 7.47. The summed E-state index contributed by atoms with van der Waals surface area (Å²) in [7, 11) is 0. The van der Waals surface area contributed by atoms with E-state index in [1.807, 2.05) is 54.6 Å². The van der Waals surface area contributed by atoms with Crippen LogP contribution in [0.4, 0.5) is 0 Å². The molecular formula is C24H21ClN2O2. The number of carbonyl (C=O) groups excluding carboxylic acids is 2. The van der Waals surface area contributed by atoms with E-state index >= 15 is 0 Å². The first-order chi connectivity index (χ1) is 14.1. The molecule has 0 spiro atoms. The molecule has 0 aromatic heterocycles. The van der Waals surface area contributed by atoms with Gasteiger partial charge in [0.05, 0.1) is 0 Å². The molecule has 4 rings (SSSR count). The van der Waals surface area contributed by atoms with Crippen LogP contribution in [-0.4, -0.2) is 47.8 Å². The number of halogens is 1. The van der Waals surface area contributed by atoms with E-state index in [1.54, 1.807) is 34.1 Å². The lowest BCUT2D eigenvalue weighted by Gasteiger charge is -2.35. The standard InChI is InChI=1S/C24H21ClN2O2/c25-22-8-4-7-21(17-22)24(29)27-15-13-26(14-16-27)23(28)20-11-9-19(10-12-20)18-5-2-1-3-6-18/h1-12,17H,13-16H2. The third kappa shape index (κ3) is 4.33. The molecule has 0 aliphatic carbocycles. The molecule has 0 bridgehead atoms. The van der Waals surface area contributed by atoms with Crippen LogP contribution in [0.15, 0.2) is 78.9 Å². The molecule has 4 nitrogen and oxygen atoms in total. The summed E-state index contributed by atoms with van der Waals surface area (Å²) < 4.78 is 0. The summed E-state index contributed by atoms with van der Waals surface area (Å²) >= 11 is 5.99. The monoisotopic (exact) mass is 404 g/mol. The molecule has 1 fully saturated rings. The molecule has 0 atom stereocenters. The van der Waals surface area contributed by atoms with Crippen LogP contribution in [0.25, 0.3) is 11.1 Å². The minimum absolute atomic E-state index is 0.000494. The van der Waals surface area contributed by atoms with Crippen molar-refractivity contribution < 1.29 is 9.59 Å². The van der Waals surface area contributed by atoms with Gasteiger partial charge in [-0.05, 0) is 41.5 Å². The van der Waals surface area contributed by atoms with Crippen molar-refractivity contribution in [3.8, 4) is 11.1 Å². The number of carbonyl (C=O) groups is 2. The van der Waals surface area contributed by atoms with Crippen molar-refractivity contribution in [2.45, 2.75) is 0 Å². The van der Waals surface area contributed by atoms with E-state index in [0.717, 1.165) is 11.1 Å². The lowest BCUT2D eigenvalue weighted by Crippen LogP contribution is -2.50. The Balaban J connectivity index is 1.38. The van der Waals surface area contributed by atoms with Gasteiger partial charge in [0.15, 0.2) is 0 Å². The molecule has 0 N–H and O–H groups in total. The normalized spacial score (nSPS) is 14.0. The van der Waals surface area contributed by atoms with Gasteiger partial charge in [0.25, 0.3) is 11.8 Å². The topological polar surface area (TPSA) is 40.6 Å². The van der Waals surface area contributed by atoms with Crippen molar-refractivity contribution in [1.82, 2.24) is 9.80 Å². The summed E-state index contributed by atoms with van der Waals surface area (Å²) in [4.78, 5) is 29.1. The number of amides is 2. The number of hydrogen-bond acceptors (Lipinski definition) is 2. The van der Waals surface area contributed by atoms with Crippen LogP contribution in [0.5, 0.6) is 0 Å². The average Bonchev–Trinajstić information content (AvgIpc) is 2.79. The minimum Gasteiger partial charge on any atom is -0.335 e. The van der Waals surface area contributed by atoms with Gasteiger partial charge in [-0.15, -0.1) is 0 Å².